The number of benzene rings is 1. The molecule has 7 nitrogen and oxygen atoms in total. The van der Waals surface area contributed by atoms with Gasteiger partial charge in [0.15, 0.2) is 0 Å². The summed E-state index contributed by atoms with van der Waals surface area (Å²) in [4.78, 5) is 41.0. The normalized spacial score (nSPS) is 24.1. The second-order valence-corrected chi connectivity index (χ2v) is 5.82. The number of nitrogens with two attached hydrogens (primary N) is 1. The molecule has 0 aliphatic carbocycles. The van der Waals surface area contributed by atoms with E-state index < -0.39 is 28.6 Å². The summed E-state index contributed by atoms with van der Waals surface area (Å²) in [6.07, 6.45) is -0.205. The fourth-order valence-corrected chi connectivity index (χ4v) is 2.98. The number of aryl methyl sites for hydroxylation is 1. The van der Waals surface area contributed by atoms with E-state index in [0.717, 1.165) is 4.57 Å². The third kappa shape index (κ3) is 2.17. The standard InChI is InChI=1S/C14H11B3N4O3/c1-5-19-8-3-6(15)2-7(18)11(8)12(23)21(5)14(17)9(16)4-10(22)20-13(14)24/h2-3,9H,4,18H2,1H3,(H,20,22,24). The van der Waals surface area contributed by atoms with Crippen molar-refractivity contribution >= 4 is 57.4 Å². The van der Waals surface area contributed by atoms with E-state index in [1.165, 1.54) is 19.1 Å². The number of carbonyl (C=O) groups excluding carboxylic acids is 2. The number of piperidine rings is 1. The van der Waals surface area contributed by atoms with Crippen LogP contribution in [0.3, 0.4) is 0 Å². The highest BCUT2D eigenvalue weighted by molar-refractivity contribution is 6.35. The van der Waals surface area contributed by atoms with Gasteiger partial charge in [-0.25, -0.2) is 4.98 Å². The number of amides is 2. The highest BCUT2D eigenvalue weighted by Crippen LogP contribution is 2.32. The minimum atomic E-state index is -1.95. The fourth-order valence-electron chi connectivity index (χ4n) is 2.98. The molecule has 0 saturated carbocycles. The molecule has 0 spiro atoms. The van der Waals surface area contributed by atoms with Crippen LogP contribution in [0.2, 0.25) is 5.82 Å². The zero-order chi connectivity index (χ0) is 17.8. The molecule has 114 valence electrons. The maximum atomic E-state index is 13.0. The van der Waals surface area contributed by atoms with Gasteiger partial charge in [0.05, 0.1) is 24.2 Å². The van der Waals surface area contributed by atoms with Crippen LogP contribution in [0.15, 0.2) is 16.9 Å². The van der Waals surface area contributed by atoms with Crippen molar-refractivity contribution in [1.82, 2.24) is 14.9 Å². The highest BCUT2D eigenvalue weighted by atomic mass is 16.2. The number of nitrogen functional groups attached to an aromatic ring is 1. The summed E-state index contributed by atoms with van der Waals surface area (Å²) in [6.45, 7) is 1.51. The highest BCUT2D eigenvalue weighted by Gasteiger charge is 2.46. The van der Waals surface area contributed by atoms with Crippen molar-refractivity contribution < 1.29 is 9.59 Å². The summed E-state index contributed by atoms with van der Waals surface area (Å²) in [5.41, 5.74) is 4.05. The van der Waals surface area contributed by atoms with Crippen LogP contribution in [0.1, 0.15) is 12.2 Å². The van der Waals surface area contributed by atoms with Gasteiger partial charge < -0.3 is 5.73 Å². The SMILES string of the molecule is [B]c1cc(N)c2c(=O)n(C3([B])C(=O)NC(=O)CC3[B])c(C)nc2c1. The molecule has 10 heteroatoms. The van der Waals surface area contributed by atoms with Crippen LogP contribution >= 0.6 is 0 Å². The lowest BCUT2D eigenvalue weighted by Crippen LogP contribution is -2.61. The van der Waals surface area contributed by atoms with Gasteiger partial charge in [-0.2, -0.15) is 0 Å². The van der Waals surface area contributed by atoms with Gasteiger partial charge in [0.1, 0.15) is 21.5 Å². The molecule has 6 radical (unpaired) electrons. The molecule has 1 fully saturated rings. The van der Waals surface area contributed by atoms with Crippen molar-refractivity contribution in [2.24, 2.45) is 0 Å². The predicted octanol–water partition coefficient (Wildman–Crippen LogP) is -2.09. The van der Waals surface area contributed by atoms with Crippen LogP contribution in [0.25, 0.3) is 10.9 Å². The lowest BCUT2D eigenvalue weighted by molar-refractivity contribution is -0.137. The molecule has 1 aliphatic heterocycles. The molecule has 1 aromatic carbocycles. The quantitative estimate of drug-likeness (QED) is 0.356. The fraction of sp³-hybridized carbons (Fsp3) is 0.286. The van der Waals surface area contributed by atoms with Crippen LogP contribution in [-0.2, 0) is 15.0 Å². The first-order valence-electron chi connectivity index (χ1n) is 7.13. The zero-order valence-corrected chi connectivity index (χ0v) is 12.9. The monoisotopic (exact) mass is 316 g/mol. The summed E-state index contributed by atoms with van der Waals surface area (Å²) >= 11 is 0. The summed E-state index contributed by atoms with van der Waals surface area (Å²) in [5.74, 6) is -2.36. The zero-order valence-electron chi connectivity index (χ0n) is 12.9. The predicted molar refractivity (Wildman–Crippen MR) is 91.5 cm³/mol. The van der Waals surface area contributed by atoms with E-state index in [2.05, 4.69) is 10.3 Å². The molecule has 3 rings (SSSR count). The molecule has 3 N–H and O–H groups in total. The Morgan fingerprint density at radius 1 is 1.38 bits per heavy atom. The molecule has 2 aromatic rings. The summed E-state index contributed by atoms with van der Waals surface area (Å²) in [5, 5.41) is 2.18. The van der Waals surface area contributed by atoms with Gasteiger partial charge in [0.2, 0.25) is 11.8 Å². The van der Waals surface area contributed by atoms with Crippen LogP contribution < -0.4 is 22.1 Å². The first-order chi connectivity index (χ1) is 11.2. The third-order valence-electron chi connectivity index (χ3n) is 4.15. The first kappa shape index (κ1) is 16.4. The Kier molecular flexibility index (Phi) is 3.58. The van der Waals surface area contributed by atoms with Gasteiger partial charge >= 0.3 is 0 Å². The van der Waals surface area contributed by atoms with Crippen LogP contribution in [0.5, 0.6) is 0 Å². The number of aromatic nitrogens is 2. The van der Waals surface area contributed by atoms with E-state index in [-0.39, 0.29) is 28.8 Å². The Labute approximate surface area is 141 Å². The molecule has 0 bridgehead atoms. The van der Waals surface area contributed by atoms with Gasteiger partial charge in [-0.1, -0.05) is 5.46 Å². The molecule has 1 aliphatic rings. The molecule has 1 saturated heterocycles. The van der Waals surface area contributed by atoms with Crippen LogP contribution in [-0.4, -0.2) is 44.9 Å². The summed E-state index contributed by atoms with van der Waals surface area (Å²) < 4.78 is 0.980. The Balaban J connectivity index is 2.36. The number of rotatable bonds is 1. The average Bonchev–Trinajstić information content (AvgIpc) is 2.43. The molecular weight excluding hydrogens is 305 g/mol. The number of nitrogens with zero attached hydrogens (tertiary/aromatic N) is 2. The number of fused-ring (bicyclic) bond motifs is 1. The second-order valence-electron chi connectivity index (χ2n) is 5.82. The lowest BCUT2D eigenvalue weighted by Gasteiger charge is -2.40. The van der Waals surface area contributed by atoms with Crippen molar-refractivity contribution in [3.05, 3.63) is 28.3 Å². The Hall–Kier alpha value is -2.51. The van der Waals surface area contributed by atoms with Crippen LogP contribution in [0, 0.1) is 6.92 Å². The van der Waals surface area contributed by atoms with Gasteiger partial charge in [0.25, 0.3) is 5.56 Å². The smallest absolute Gasteiger partial charge is 0.263 e. The van der Waals surface area contributed by atoms with E-state index in [0.29, 0.717) is 5.46 Å². The third-order valence-corrected chi connectivity index (χ3v) is 4.15. The largest absolute Gasteiger partial charge is 0.398 e. The first-order valence-corrected chi connectivity index (χ1v) is 7.13. The van der Waals surface area contributed by atoms with Crippen molar-refractivity contribution in [2.75, 3.05) is 5.73 Å². The van der Waals surface area contributed by atoms with E-state index in [4.69, 9.17) is 29.3 Å². The summed E-state index contributed by atoms with van der Waals surface area (Å²) in [7, 11) is 17.8. The number of hydrogen-bond donors (Lipinski definition) is 2. The minimum Gasteiger partial charge on any atom is -0.398 e. The maximum absolute atomic E-state index is 13.0. The van der Waals surface area contributed by atoms with Crippen LogP contribution in [0.4, 0.5) is 5.69 Å². The van der Waals surface area contributed by atoms with Gasteiger partial charge in [-0.3, -0.25) is 24.3 Å². The Morgan fingerprint density at radius 3 is 2.67 bits per heavy atom. The average molecular weight is 316 g/mol. The number of imide groups is 1. The Morgan fingerprint density at radius 2 is 2.04 bits per heavy atom. The second kappa shape index (κ2) is 5.26. The lowest BCUT2D eigenvalue weighted by atomic mass is 9.56. The molecule has 2 atom stereocenters. The molecule has 2 unspecified atom stereocenters. The molecule has 2 heterocycles. The van der Waals surface area contributed by atoms with Crippen molar-refractivity contribution in [3.63, 3.8) is 0 Å². The van der Waals surface area contributed by atoms with E-state index in [1.54, 1.807) is 0 Å². The number of hydrogen-bond acceptors (Lipinski definition) is 5. The maximum Gasteiger partial charge on any atom is 0.263 e. The molecule has 1 aromatic heterocycles. The van der Waals surface area contributed by atoms with E-state index in [1.807, 2.05) is 0 Å². The van der Waals surface area contributed by atoms with Crippen molar-refractivity contribution in [1.29, 1.82) is 0 Å². The van der Waals surface area contributed by atoms with Crippen molar-refractivity contribution in [2.45, 2.75) is 24.6 Å². The number of carbonyl (C=O) groups is 2. The minimum absolute atomic E-state index is 0.0801. The van der Waals surface area contributed by atoms with Crippen molar-refractivity contribution in [3.8, 4) is 0 Å². The van der Waals surface area contributed by atoms with Gasteiger partial charge in [0, 0.05) is 12.1 Å². The summed E-state index contributed by atoms with van der Waals surface area (Å²) in [6, 6.07) is 2.91. The van der Waals surface area contributed by atoms with E-state index >= 15 is 0 Å². The topological polar surface area (TPSA) is 107 Å². The van der Waals surface area contributed by atoms with E-state index in [9.17, 15) is 14.4 Å². The number of nitrogens with one attached hydrogen (secondary N) is 1. The van der Waals surface area contributed by atoms with Gasteiger partial charge in [-0.15, -0.1) is 0 Å². The van der Waals surface area contributed by atoms with Gasteiger partial charge in [-0.05, 0) is 24.9 Å². The Bertz CT molecular complexity index is 958. The molecule has 2 amide bonds. The molecule has 24 heavy (non-hydrogen) atoms. The number of anilines is 1. The molecular formula is C14H11B3N4O3.